The standard InChI is InChI=1S/C14H9N3O/c15-8-11-1-3-14(4-2-11)18-10-12-5-6-17-13(7-12)9-16/h1-7H,10H2. The van der Waals surface area contributed by atoms with Crippen molar-refractivity contribution in [2.45, 2.75) is 6.61 Å². The Kier molecular flexibility index (Phi) is 3.53. The lowest BCUT2D eigenvalue weighted by Gasteiger charge is -2.06. The van der Waals surface area contributed by atoms with Crippen LogP contribution in [0, 0.1) is 22.7 Å². The second-order valence-corrected chi connectivity index (χ2v) is 3.59. The van der Waals surface area contributed by atoms with Crippen molar-refractivity contribution < 1.29 is 4.74 Å². The van der Waals surface area contributed by atoms with E-state index < -0.39 is 0 Å². The highest BCUT2D eigenvalue weighted by atomic mass is 16.5. The third-order valence-corrected chi connectivity index (χ3v) is 2.33. The van der Waals surface area contributed by atoms with Crippen LogP contribution >= 0.6 is 0 Å². The molecule has 2 rings (SSSR count). The molecule has 0 saturated heterocycles. The van der Waals surface area contributed by atoms with E-state index in [1.807, 2.05) is 12.1 Å². The van der Waals surface area contributed by atoms with Gasteiger partial charge in [0.2, 0.25) is 0 Å². The lowest BCUT2D eigenvalue weighted by atomic mass is 10.2. The maximum atomic E-state index is 8.72. The number of ether oxygens (including phenoxy) is 1. The van der Waals surface area contributed by atoms with Gasteiger partial charge in [0.1, 0.15) is 24.1 Å². The summed E-state index contributed by atoms with van der Waals surface area (Å²) in [5.74, 6) is 0.685. The highest BCUT2D eigenvalue weighted by Crippen LogP contribution is 2.13. The van der Waals surface area contributed by atoms with Gasteiger partial charge in [0.15, 0.2) is 0 Å². The van der Waals surface area contributed by atoms with Crippen molar-refractivity contribution in [2.75, 3.05) is 0 Å². The van der Waals surface area contributed by atoms with Crippen LogP contribution < -0.4 is 4.74 Å². The molecule has 0 N–H and O–H groups in total. The van der Waals surface area contributed by atoms with Crippen LogP contribution in [-0.2, 0) is 6.61 Å². The Labute approximate surface area is 105 Å². The molecule has 4 heteroatoms. The van der Waals surface area contributed by atoms with E-state index in [1.165, 1.54) is 0 Å². The van der Waals surface area contributed by atoms with E-state index in [9.17, 15) is 0 Å². The third kappa shape index (κ3) is 2.84. The van der Waals surface area contributed by atoms with Crippen LogP contribution in [-0.4, -0.2) is 4.98 Å². The molecular formula is C14H9N3O. The van der Waals surface area contributed by atoms with Crippen LogP contribution in [0.5, 0.6) is 5.75 Å². The maximum Gasteiger partial charge on any atom is 0.140 e. The van der Waals surface area contributed by atoms with Gasteiger partial charge >= 0.3 is 0 Å². The van der Waals surface area contributed by atoms with Gasteiger partial charge < -0.3 is 4.74 Å². The first kappa shape index (κ1) is 11.6. The average Bonchev–Trinajstić information content (AvgIpc) is 2.46. The molecule has 0 amide bonds. The number of hydrogen-bond acceptors (Lipinski definition) is 4. The van der Waals surface area contributed by atoms with Crippen LogP contribution in [0.15, 0.2) is 42.6 Å². The second-order valence-electron chi connectivity index (χ2n) is 3.59. The van der Waals surface area contributed by atoms with E-state index in [1.54, 1.807) is 42.6 Å². The number of benzene rings is 1. The fourth-order valence-corrected chi connectivity index (χ4v) is 1.42. The molecule has 2 aromatic rings. The lowest BCUT2D eigenvalue weighted by Crippen LogP contribution is -1.96. The number of nitriles is 2. The van der Waals surface area contributed by atoms with Crippen LogP contribution in [0.4, 0.5) is 0 Å². The second kappa shape index (κ2) is 5.47. The van der Waals surface area contributed by atoms with E-state index >= 15 is 0 Å². The van der Waals surface area contributed by atoms with Crippen molar-refractivity contribution in [1.29, 1.82) is 10.5 Å². The van der Waals surface area contributed by atoms with Crippen molar-refractivity contribution in [3.8, 4) is 17.9 Å². The van der Waals surface area contributed by atoms with Gasteiger partial charge in [-0.25, -0.2) is 4.98 Å². The molecule has 0 aliphatic carbocycles. The first-order chi connectivity index (χ1) is 8.81. The summed E-state index contributed by atoms with van der Waals surface area (Å²) in [6.45, 7) is 0.364. The van der Waals surface area contributed by atoms with Crippen molar-refractivity contribution in [3.63, 3.8) is 0 Å². The molecule has 0 radical (unpaired) electrons. The van der Waals surface area contributed by atoms with Gasteiger partial charge in [-0.2, -0.15) is 10.5 Å². The van der Waals surface area contributed by atoms with Gasteiger partial charge in [-0.1, -0.05) is 0 Å². The number of nitrogens with zero attached hydrogens (tertiary/aromatic N) is 3. The Bertz CT molecular complexity index is 621. The Balaban J connectivity index is 2.02. The molecule has 0 atom stereocenters. The normalized spacial score (nSPS) is 9.22. The van der Waals surface area contributed by atoms with Crippen molar-refractivity contribution in [2.24, 2.45) is 0 Å². The minimum absolute atomic E-state index is 0.364. The highest BCUT2D eigenvalue weighted by molar-refractivity contribution is 5.34. The number of pyridine rings is 1. The molecule has 0 spiro atoms. The Hall–Kier alpha value is -2.85. The van der Waals surface area contributed by atoms with Crippen LogP contribution in [0.2, 0.25) is 0 Å². The summed E-state index contributed by atoms with van der Waals surface area (Å²) in [4.78, 5) is 3.88. The Morgan fingerprint density at radius 1 is 1.06 bits per heavy atom. The van der Waals surface area contributed by atoms with Gasteiger partial charge in [-0.15, -0.1) is 0 Å². The molecular weight excluding hydrogens is 226 g/mol. The number of aromatic nitrogens is 1. The first-order valence-corrected chi connectivity index (χ1v) is 5.30. The molecule has 1 aromatic heterocycles. The number of hydrogen-bond donors (Lipinski definition) is 0. The molecule has 0 aliphatic rings. The molecule has 86 valence electrons. The molecule has 0 fully saturated rings. The molecule has 4 nitrogen and oxygen atoms in total. The average molecular weight is 235 g/mol. The van der Waals surface area contributed by atoms with E-state index in [2.05, 4.69) is 4.98 Å². The molecule has 0 unspecified atom stereocenters. The molecule has 0 saturated carbocycles. The fraction of sp³-hybridized carbons (Fsp3) is 0.0714. The summed E-state index contributed by atoms with van der Waals surface area (Å²) in [7, 11) is 0. The predicted molar refractivity (Wildman–Crippen MR) is 64.4 cm³/mol. The summed E-state index contributed by atoms with van der Waals surface area (Å²) in [6, 6.07) is 14.4. The quantitative estimate of drug-likeness (QED) is 0.819. The monoisotopic (exact) mass is 235 g/mol. The predicted octanol–water partition coefficient (Wildman–Crippen LogP) is 2.40. The van der Waals surface area contributed by atoms with Crippen molar-refractivity contribution in [3.05, 3.63) is 59.4 Å². The van der Waals surface area contributed by atoms with E-state index in [0.29, 0.717) is 23.6 Å². The minimum atomic E-state index is 0.364. The van der Waals surface area contributed by atoms with E-state index in [0.717, 1.165) is 5.56 Å². The fourth-order valence-electron chi connectivity index (χ4n) is 1.42. The van der Waals surface area contributed by atoms with Crippen molar-refractivity contribution >= 4 is 0 Å². The maximum absolute atomic E-state index is 8.72. The first-order valence-electron chi connectivity index (χ1n) is 5.30. The summed E-state index contributed by atoms with van der Waals surface area (Å²) in [5.41, 5.74) is 1.85. The van der Waals surface area contributed by atoms with Gasteiger partial charge in [-0.3, -0.25) is 0 Å². The molecule has 0 aliphatic heterocycles. The number of rotatable bonds is 3. The largest absolute Gasteiger partial charge is 0.489 e. The van der Waals surface area contributed by atoms with Crippen LogP contribution in [0.1, 0.15) is 16.8 Å². The van der Waals surface area contributed by atoms with Gasteiger partial charge in [-0.05, 0) is 42.0 Å². The summed E-state index contributed by atoms with van der Waals surface area (Å²) in [5, 5.41) is 17.4. The summed E-state index contributed by atoms with van der Waals surface area (Å²) >= 11 is 0. The van der Waals surface area contributed by atoms with E-state index in [-0.39, 0.29) is 0 Å². The van der Waals surface area contributed by atoms with Crippen molar-refractivity contribution in [1.82, 2.24) is 4.98 Å². The van der Waals surface area contributed by atoms with Gasteiger partial charge in [0, 0.05) is 6.20 Å². The molecule has 1 aromatic carbocycles. The van der Waals surface area contributed by atoms with E-state index in [4.69, 9.17) is 15.3 Å². The topological polar surface area (TPSA) is 69.7 Å². The smallest absolute Gasteiger partial charge is 0.140 e. The lowest BCUT2D eigenvalue weighted by molar-refractivity contribution is 0.306. The molecule has 0 bridgehead atoms. The van der Waals surface area contributed by atoms with Crippen LogP contribution in [0.3, 0.4) is 0 Å². The Morgan fingerprint density at radius 3 is 2.50 bits per heavy atom. The zero-order valence-electron chi connectivity index (χ0n) is 9.50. The highest BCUT2D eigenvalue weighted by Gasteiger charge is 1.99. The zero-order valence-corrected chi connectivity index (χ0v) is 9.50. The van der Waals surface area contributed by atoms with Gasteiger partial charge in [0.05, 0.1) is 11.6 Å². The van der Waals surface area contributed by atoms with Crippen LogP contribution in [0.25, 0.3) is 0 Å². The molecule has 1 heterocycles. The minimum Gasteiger partial charge on any atom is -0.489 e. The molecule has 18 heavy (non-hydrogen) atoms. The summed E-state index contributed by atoms with van der Waals surface area (Å²) in [6.07, 6.45) is 1.58. The van der Waals surface area contributed by atoms with Gasteiger partial charge in [0.25, 0.3) is 0 Å². The Morgan fingerprint density at radius 2 is 1.83 bits per heavy atom. The zero-order chi connectivity index (χ0) is 12.8. The SMILES string of the molecule is N#Cc1ccc(OCc2ccnc(C#N)c2)cc1. The summed E-state index contributed by atoms with van der Waals surface area (Å²) < 4.78 is 5.54. The third-order valence-electron chi connectivity index (χ3n) is 2.33.